The molecule has 1 heterocycles. The van der Waals surface area contributed by atoms with Crippen LogP contribution in [-0.2, 0) is 6.61 Å². The van der Waals surface area contributed by atoms with Crippen molar-refractivity contribution in [3.8, 4) is 5.75 Å². The van der Waals surface area contributed by atoms with Gasteiger partial charge >= 0.3 is 0 Å². The lowest BCUT2D eigenvalue weighted by atomic mass is 10.1. The number of ketones is 1. The molecule has 1 aromatic carbocycles. The molecule has 0 N–H and O–H groups in total. The van der Waals surface area contributed by atoms with E-state index in [0.29, 0.717) is 12.4 Å². The van der Waals surface area contributed by atoms with Crippen LogP contribution in [-0.4, -0.2) is 10.8 Å². The zero-order valence-electron chi connectivity index (χ0n) is 10.8. The second-order valence-electron chi connectivity index (χ2n) is 4.36. The van der Waals surface area contributed by atoms with Crippen LogP contribution in [0, 0.1) is 12.7 Å². The number of pyridine rings is 1. The number of aryl methyl sites for hydroxylation is 1. The standard InChI is InChI=1S/C15H14FNO2/c1-10-5-12(8-17-7-10)9-19-15-4-3-13(16)6-14(15)11(2)18/h3-8H,9H2,1-2H3. The first kappa shape index (κ1) is 13.2. The maximum Gasteiger partial charge on any atom is 0.163 e. The Hall–Kier alpha value is -2.23. The second kappa shape index (κ2) is 5.61. The monoisotopic (exact) mass is 259 g/mol. The van der Waals surface area contributed by atoms with E-state index in [9.17, 15) is 9.18 Å². The van der Waals surface area contributed by atoms with E-state index in [-0.39, 0.29) is 11.3 Å². The topological polar surface area (TPSA) is 39.2 Å². The third-order valence-corrected chi connectivity index (χ3v) is 2.65. The van der Waals surface area contributed by atoms with Gasteiger partial charge in [-0.3, -0.25) is 9.78 Å². The molecule has 0 radical (unpaired) electrons. The van der Waals surface area contributed by atoms with Crippen LogP contribution < -0.4 is 4.74 Å². The van der Waals surface area contributed by atoms with Gasteiger partial charge in [0.05, 0.1) is 5.56 Å². The van der Waals surface area contributed by atoms with Gasteiger partial charge in [0, 0.05) is 18.0 Å². The molecule has 0 aliphatic carbocycles. The molecule has 0 spiro atoms. The van der Waals surface area contributed by atoms with E-state index in [0.717, 1.165) is 11.1 Å². The van der Waals surface area contributed by atoms with Crippen molar-refractivity contribution in [3.05, 3.63) is 59.2 Å². The molecule has 0 saturated carbocycles. The van der Waals surface area contributed by atoms with E-state index in [1.54, 1.807) is 12.4 Å². The Kier molecular flexibility index (Phi) is 3.90. The fourth-order valence-corrected chi connectivity index (χ4v) is 1.76. The average Bonchev–Trinajstić information content (AvgIpc) is 2.37. The van der Waals surface area contributed by atoms with Gasteiger partial charge in [-0.2, -0.15) is 0 Å². The van der Waals surface area contributed by atoms with Crippen LogP contribution in [0.3, 0.4) is 0 Å². The molecule has 0 atom stereocenters. The molecule has 4 heteroatoms. The van der Waals surface area contributed by atoms with Crippen LogP contribution in [0.15, 0.2) is 36.7 Å². The lowest BCUT2D eigenvalue weighted by Crippen LogP contribution is -2.02. The number of Topliss-reactive ketones (excluding diaryl/α,β-unsaturated/α-hetero) is 1. The van der Waals surface area contributed by atoms with Crippen LogP contribution in [0.4, 0.5) is 4.39 Å². The third-order valence-electron chi connectivity index (χ3n) is 2.65. The summed E-state index contributed by atoms with van der Waals surface area (Å²) in [6, 6.07) is 5.88. The summed E-state index contributed by atoms with van der Waals surface area (Å²) in [6.45, 7) is 3.62. The summed E-state index contributed by atoms with van der Waals surface area (Å²) in [7, 11) is 0. The Morgan fingerprint density at radius 1 is 1.32 bits per heavy atom. The van der Waals surface area contributed by atoms with Crippen molar-refractivity contribution in [2.45, 2.75) is 20.5 Å². The van der Waals surface area contributed by atoms with Crippen LogP contribution in [0.5, 0.6) is 5.75 Å². The summed E-state index contributed by atoms with van der Waals surface area (Å²) in [6.07, 6.45) is 3.45. The van der Waals surface area contributed by atoms with Crippen molar-refractivity contribution < 1.29 is 13.9 Å². The van der Waals surface area contributed by atoms with Crippen molar-refractivity contribution in [1.82, 2.24) is 4.98 Å². The lowest BCUT2D eigenvalue weighted by Gasteiger charge is -2.10. The zero-order valence-corrected chi connectivity index (χ0v) is 10.8. The molecule has 3 nitrogen and oxygen atoms in total. The Labute approximate surface area is 111 Å². The maximum atomic E-state index is 13.1. The van der Waals surface area contributed by atoms with Gasteiger partial charge < -0.3 is 4.74 Å². The Morgan fingerprint density at radius 3 is 2.79 bits per heavy atom. The Balaban J connectivity index is 2.17. The average molecular weight is 259 g/mol. The highest BCUT2D eigenvalue weighted by Gasteiger charge is 2.10. The maximum absolute atomic E-state index is 13.1. The van der Waals surface area contributed by atoms with Crippen molar-refractivity contribution in [1.29, 1.82) is 0 Å². The van der Waals surface area contributed by atoms with E-state index < -0.39 is 5.82 Å². The van der Waals surface area contributed by atoms with Gasteiger partial charge in [0.1, 0.15) is 18.2 Å². The summed E-state index contributed by atoms with van der Waals surface area (Å²) in [5, 5.41) is 0. The minimum absolute atomic E-state index is 0.225. The first-order chi connectivity index (χ1) is 9.06. The molecule has 1 aromatic heterocycles. The lowest BCUT2D eigenvalue weighted by molar-refractivity contribution is 0.101. The number of nitrogens with zero attached hydrogens (tertiary/aromatic N) is 1. The normalized spacial score (nSPS) is 10.3. The van der Waals surface area contributed by atoms with E-state index in [2.05, 4.69) is 4.98 Å². The summed E-state index contributed by atoms with van der Waals surface area (Å²) in [4.78, 5) is 15.5. The highest BCUT2D eigenvalue weighted by Crippen LogP contribution is 2.21. The van der Waals surface area contributed by atoms with Gasteiger partial charge in [0.2, 0.25) is 0 Å². The predicted octanol–water partition coefficient (Wildman–Crippen LogP) is 3.31. The highest BCUT2D eigenvalue weighted by molar-refractivity contribution is 5.96. The van der Waals surface area contributed by atoms with Gasteiger partial charge in [-0.1, -0.05) is 0 Å². The van der Waals surface area contributed by atoms with Crippen molar-refractivity contribution in [2.75, 3.05) is 0 Å². The van der Waals surface area contributed by atoms with Crippen LogP contribution in [0.2, 0.25) is 0 Å². The van der Waals surface area contributed by atoms with Gasteiger partial charge in [-0.15, -0.1) is 0 Å². The molecular weight excluding hydrogens is 245 g/mol. The van der Waals surface area contributed by atoms with Crippen LogP contribution in [0.1, 0.15) is 28.4 Å². The number of carbonyl (C=O) groups excluding carboxylic acids is 1. The minimum Gasteiger partial charge on any atom is -0.488 e. The van der Waals surface area contributed by atoms with Crippen molar-refractivity contribution in [2.24, 2.45) is 0 Å². The smallest absolute Gasteiger partial charge is 0.163 e. The molecular formula is C15H14FNO2. The molecule has 0 saturated heterocycles. The summed E-state index contributed by atoms with van der Waals surface area (Å²) < 4.78 is 18.7. The number of hydrogen-bond donors (Lipinski definition) is 0. The first-order valence-corrected chi connectivity index (χ1v) is 5.90. The van der Waals surface area contributed by atoms with Crippen LogP contribution in [0.25, 0.3) is 0 Å². The quantitative estimate of drug-likeness (QED) is 0.791. The molecule has 2 rings (SSSR count). The van der Waals surface area contributed by atoms with Gasteiger partial charge in [-0.05, 0) is 43.7 Å². The van der Waals surface area contributed by atoms with E-state index >= 15 is 0 Å². The Bertz CT molecular complexity index is 611. The van der Waals surface area contributed by atoms with E-state index in [4.69, 9.17) is 4.74 Å². The van der Waals surface area contributed by atoms with Crippen molar-refractivity contribution >= 4 is 5.78 Å². The highest BCUT2D eigenvalue weighted by atomic mass is 19.1. The molecule has 0 aliphatic heterocycles. The van der Waals surface area contributed by atoms with Gasteiger partial charge in [0.15, 0.2) is 5.78 Å². The summed E-state index contributed by atoms with van der Waals surface area (Å²) in [5.74, 6) is -0.290. The van der Waals surface area contributed by atoms with Gasteiger partial charge in [0.25, 0.3) is 0 Å². The molecule has 0 unspecified atom stereocenters. The van der Waals surface area contributed by atoms with Crippen LogP contribution >= 0.6 is 0 Å². The summed E-state index contributed by atoms with van der Waals surface area (Å²) >= 11 is 0. The summed E-state index contributed by atoms with van der Waals surface area (Å²) in [5.41, 5.74) is 2.19. The molecule has 0 fully saturated rings. The second-order valence-corrected chi connectivity index (χ2v) is 4.36. The molecule has 2 aromatic rings. The van der Waals surface area contributed by atoms with Gasteiger partial charge in [-0.25, -0.2) is 4.39 Å². The zero-order chi connectivity index (χ0) is 13.8. The number of carbonyl (C=O) groups is 1. The largest absolute Gasteiger partial charge is 0.488 e. The number of hydrogen-bond acceptors (Lipinski definition) is 3. The number of benzene rings is 1. The number of rotatable bonds is 4. The third kappa shape index (κ3) is 3.37. The fourth-order valence-electron chi connectivity index (χ4n) is 1.76. The predicted molar refractivity (Wildman–Crippen MR) is 69.7 cm³/mol. The van der Waals surface area contributed by atoms with E-state index in [1.165, 1.54) is 25.1 Å². The fraction of sp³-hybridized carbons (Fsp3) is 0.200. The molecule has 0 bridgehead atoms. The first-order valence-electron chi connectivity index (χ1n) is 5.90. The number of aromatic nitrogens is 1. The molecule has 0 amide bonds. The molecule has 19 heavy (non-hydrogen) atoms. The number of halogens is 1. The molecule has 0 aliphatic rings. The van der Waals surface area contributed by atoms with E-state index in [1.807, 2.05) is 13.0 Å². The Morgan fingerprint density at radius 2 is 2.11 bits per heavy atom. The minimum atomic E-state index is -0.449. The van der Waals surface area contributed by atoms with Crippen molar-refractivity contribution in [3.63, 3.8) is 0 Å². The number of ether oxygens (including phenoxy) is 1. The molecule has 98 valence electrons. The SMILES string of the molecule is CC(=O)c1cc(F)ccc1OCc1cncc(C)c1.